The van der Waals surface area contributed by atoms with Crippen molar-refractivity contribution in [3.63, 3.8) is 0 Å². The topological polar surface area (TPSA) is 45.2 Å². The molecule has 0 aromatic carbocycles. The summed E-state index contributed by atoms with van der Waals surface area (Å²) in [5.74, 6) is 0.171. The van der Waals surface area contributed by atoms with E-state index in [1.807, 2.05) is 28.8 Å². The number of hydrogen-bond donors (Lipinski definition) is 1. The summed E-state index contributed by atoms with van der Waals surface area (Å²) < 4.78 is 0. The standard InChI is InChI=1S/C15H19N3OS2.2ClH/c1-18(12-4-6-16-7-5-12)14(19)9-11-10-21-15(17-11)13-3-2-8-20-13;;/h2-3,8,10,12,16H,4-7,9H2,1H3;2*1H. The molecule has 1 N–H and O–H groups in total. The number of hydrogen-bond acceptors (Lipinski definition) is 5. The highest BCUT2D eigenvalue weighted by molar-refractivity contribution is 7.20. The highest BCUT2D eigenvalue weighted by Gasteiger charge is 2.22. The van der Waals surface area contributed by atoms with Crippen molar-refractivity contribution < 1.29 is 4.79 Å². The number of piperidine rings is 1. The number of likely N-dealkylation sites (N-methyl/N-ethyl adjacent to an activating group) is 1. The van der Waals surface area contributed by atoms with Crippen LogP contribution in [0.15, 0.2) is 22.9 Å². The largest absolute Gasteiger partial charge is 0.342 e. The molecular weight excluding hydrogens is 373 g/mol. The van der Waals surface area contributed by atoms with Gasteiger partial charge < -0.3 is 10.2 Å². The van der Waals surface area contributed by atoms with E-state index in [1.54, 1.807) is 22.7 Å². The summed E-state index contributed by atoms with van der Waals surface area (Å²) in [5.41, 5.74) is 0.884. The van der Waals surface area contributed by atoms with Crippen LogP contribution >= 0.6 is 47.5 Å². The first-order valence-electron chi connectivity index (χ1n) is 7.18. The Labute approximate surface area is 157 Å². The van der Waals surface area contributed by atoms with Crippen LogP contribution in [0.2, 0.25) is 0 Å². The zero-order chi connectivity index (χ0) is 14.7. The molecule has 4 nitrogen and oxygen atoms in total. The van der Waals surface area contributed by atoms with Crippen molar-refractivity contribution in [2.45, 2.75) is 25.3 Å². The second-order valence-electron chi connectivity index (χ2n) is 5.28. The zero-order valence-corrected chi connectivity index (χ0v) is 16.1. The molecule has 3 rings (SSSR count). The number of carbonyl (C=O) groups is 1. The third kappa shape index (κ3) is 5.16. The molecule has 2 aromatic heterocycles. The Morgan fingerprint density at radius 2 is 2.09 bits per heavy atom. The van der Waals surface area contributed by atoms with Gasteiger partial charge in [0.15, 0.2) is 0 Å². The first-order valence-corrected chi connectivity index (χ1v) is 8.94. The van der Waals surface area contributed by atoms with Gasteiger partial charge in [-0.15, -0.1) is 47.5 Å². The molecule has 0 unspecified atom stereocenters. The Morgan fingerprint density at radius 3 is 2.74 bits per heavy atom. The lowest BCUT2D eigenvalue weighted by Gasteiger charge is -2.31. The Bertz CT molecular complexity index is 598. The average molecular weight is 394 g/mol. The molecule has 1 amide bonds. The van der Waals surface area contributed by atoms with Crippen molar-refractivity contribution in [3.8, 4) is 9.88 Å². The third-order valence-electron chi connectivity index (χ3n) is 3.87. The molecule has 0 radical (unpaired) electrons. The van der Waals surface area contributed by atoms with Crippen LogP contribution in [-0.4, -0.2) is 42.0 Å². The zero-order valence-electron chi connectivity index (χ0n) is 12.9. The number of halogens is 2. The monoisotopic (exact) mass is 393 g/mol. The second-order valence-corrected chi connectivity index (χ2v) is 7.09. The van der Waals surface area contributed by atoms with Gasteiger partial charge in [-0.2, -0.15) is 0 Å². The molecule has 1 aliphatic heterocycles. The highest BCUT2D eigenvalue weighted by Crippen LogP contribution is 2.28. The lowest BCUT2D eigenvalue weighted by molar-refractivity contribution is -0.131. The number of aromatic nitrogens is 1. The summed E-state index contributed by atoms with van der Waals surface area (Å²) in [6.45, 7) is 2.00. The van der Waals surface area contributed by atoms with E-state index in [1.165, 1.54) is 4.88 Å². The van der Waals surface area contributed by atoms with Crippen molar-refractivity contribution in [2.24, 2.45) is 0 Å². The van der Waals surface area contributed by atoms with E-state index in [0.717, 1.165) is 36.6 Å². The molecule has 0 aliphatic carbocycles. The van der Waals surface area contributed by atoms with Crippen LogP contribution in [-0.2, 0) is 11.2 Å². The first kappa shape index (κ1) is 20.4. The lowest BCUT2D eigenvalue weighted by atomic mass is 10.0. The van der Waals surface area contributed by atoms with Gasteiger partial charge in [0.1, 0.15) is 5.01 Å². The number of amides is 1. The normalized spacial score (nSPS) is 14.7. The smallest absolute Gasteiger partial charge is 0.228 e. The van der Waals surface area contributed by atoms with Crippen molar-refractivity contribution in [1.29, 1.82) is 0 Å². The number of thiophene rings is 1. The minimum absolute atomic E-state index is 0. The van der Waals surface area contributed by atoms with E-state index in [4.69, 9.17) is 0 Å². The fourth-order valence-corrected chi connectivity index (χ4v) is 4.21. The van der Waals surface area contributed by atoms with E-state index < -0.39 is 0 Å². The van der Waals surface area contributed by atoms with Gasteiger partial charge in [-0.3, -0.25) is 4.79 Å². The van der Waals surface area contributed by atoms with Crippen molar-refractivity contribution in [3.05, 3.63) is 28.6 Å². The van der Waals surface area contributed by atoms with Crippen LogP contribution in [0.1, 0.15) is 18.5 Å². The van der Waals surface area contributed by atoms with Gasteiger partial charge in [-0.25, -0.2) is 4.98 Å². The molecule has 1 fully saturated rings. The van der Waals surface area contributed by atoms with Crippen LogP contribution in [0.5, 0.6) is 0 Å². The maximum atomic E-state index is 12.4. The van der Waals surface area contributed by atoms with Crippen LogP contribution in [0.25, 0.3) is 9.88 Å². The van der Waals surface area contributed by atoms with Crippen molar-refractivity contribution in [1.82, 2.24) is 15.2 Å². The van der Waals surface area contributed by atoms with Crippen LogP contribution < -0.4 is 5.32 Å². The van der Waals surface area contributed by atoms with Crippen molar-refractivity contribution >= 4 is 53.4 Å². The summed E-state index contributed by atoms with van der Waals surface area (Å²) in [6.07, 6.45) is 2.49. The number of nitrogens with zero attached hydrogens (tertiary/aromatic N) is 2. The summed E-state index contributed by atoms with van der Waals surface area (Å²) >= 11 is 3.30. The minimum Gasteiger partial charge on any atom is -0.342 e. The Morgan fingerprint density at radius 1 is 1.35 bits per heavy atom. The van der Waals surface area contributed by atoms with E-state index in [0.29, 0.717) is 12.5 Å². The highest BCUT2D eigenvalue weighted by atomic mass is 35.5. The van der Waals surface area contributed by atoms with Crippen LogP contribution in [0.4, 0.5) is 0 Å². The Kier molecular flexibility index (Phi) is 8.50. The SMILES string of the molecule is CN(C(=O)Cc1csc(-c2cccs2)n1)C1CCNCC1.Cl.Cl. The molecular formula is C15H21Cl2N3OS2. The summed E-state index contributed by atoms with van der Waals surface area (Å²) in [6, 6.07) is 4.46. The molecule has 1 aliphatic rings. The average Bonchev–Trinajstić information content (AvgIpc) is 3.18. The number of carbonyl (C=O) groups excluding carboxylic acids is 1. The fraction of sp³-hybridized carbons (Fsp3) is 0.467. The summed E-state index contributed by atoms with van der Waals surface area (Å²) in [4.78, 5) is 20.0. The quantitative estimate of drug-likeness (QED) is 0.864. The van der Waals surface area contributed by atoms with Gasteiger partial charge in [0, 0.05) is 18.5 Å². The molecule has 0 spiro atoms. The number of rotatable bonds is 4. The molecule has 3 heterocycles. The predicted molar refractivity (Wildman–Crippen MR) is 102 cm³/mol. The van der Waals surface area contributed by atoms with E-state index >= 15 is 0 Å². The fourth-order valence-electron chi connectivity index (χ4n) is 2.58. The van der Waals surface area contributed by atoms with Gasteiger partial charge >= 0.3 is 0 Å². The van der Waals surface area contributed by atoms with Gasteiger partial charge in [0.25, 0.3) is 0 Å². The third-order valence-corrected chi connectivity index (χ3v) is 5.80. The molecule has 1 saturated heterocycles. The van der Waals surface area contributed by atoms with Crippen molar-refractivity contribution in [2.75, 3.05) is 20.1 Å². The molecule has 0 bridgehead atoms. The molecule has 8 heteroatoms. The van der Waals surface area contributed by atoms with Gasteiger partial charge in [-0.05, 0) is 37.4 Å². The van der Waals surface area contributed by atoms with E-state index in [-0.39, 0.29) is 30.7 Å². The maximum Gasteiger partial charge on any atom is 0.228 e. The molecule has 128 valence electrons. The summed E-state index contributed by atoms with van der Waals surface area (Å²) in [5, 5.41) is 8.39. The summed E-state index contributed by atoms with van der Waals surface area (Å²) in [7, 11) is 1.92. The molecule has 0 saturated carbocycles. The first-order chi connectivity index (χ1) is 10.2. The lowest BCUT2D eigenvalue weighted by Crippen LogP contribution is -2.44. The van der Waals surface area contributed by atoms with Crippen LogP contribution in [0.3, 0.4) is 0 Å². The van der Waals surface area contributed by atoms with Crippen LogP contribution in [0, 0.1) is 0 Å². The van der Waals surface area contributed by atoms with Gasteiger partial charge in [-0.1, -0.05) is 6.07 Å². The maximum absolute atomic E-state index is 12.4. The number of nitrogens with one attached hydrogen (secondary N) is 1. The molecule has 23 heavy (non-hydrogen) atoms. The van der Waals surface area contributed by atoms with Gasteiger partial charge in [0.2, 0.25) is 5.91 Å². The molecule has 2 aromatic rings. The second kappa shape index (κ2) is 9.59. The van der Waals surface area contributed by atoms with E-state index in [2.05, 4.69) is 16.4 Å². The van der Waals surface area contributed by atoms with Gasteiger partial charge in [0.05, 0.1) is 17.0 Å². The number of thiazole rings is 1. The Hall–Kier alpha value is -0.660. The minimum atomic E-state index is 0. The Balaban J connectivity index is 0.00000132. The molecule has 0 atom stereocenters. The van der Waals surface area contributed by atoms with E-state index in [9.17, 15) is 4.79 Å². The predicted octanol–water partition coefficient (Wildman–Crippen LogP) is 3.47.